The average molecular weight is 465 g/mol. The van der Waals surface area contributed by atoms with Gasteiger partial charge in [-0.3, -0.25) is 4.79 Å². The Morgan fingerprint density at radius 3 is 1.32 bits per heavy atom. The molecule has 0 rings (SSSR count). The van der Waals surface area contributed by atoms with E-state index >= 15 is 0 Å². The molecule has 0 aliphatic rings. The van der Waals surface area contributed by atoms with Gasteiger partial charge >= 0.3 is 5.97 Å². The van der Waals surface area contributed by atoms with Gasteiger partial charge in [0.05, 0.1) is 0 Å². The molecule has 0 aromatic rings. The van der Waals surface area contributed by atoms with Crippen molar-refractivity contribution in [2.45, 2.75) is 96.8 Å². The van der Waals surface area contributed by atoms with Crippen LogP contribution in [0, 0.1) is 0 Å². The third-order valence-corrected chi connectivity index (χ3v) is 3.49. The number of carboxylic acid groups (broad SMARTS) is 1. The maximum atomic E-state index is 10.3. The summed E-state index contributed by atoms with van der Waals surface area (Å²) in [4.78, 5) is 10.3. The van der Waals surface area contributed by atoms with E-state index in [0.717, 1.165) is 12.8 Å². The van der Waals surface area contributed by atoms with Crippen LogP contribution in [0.15, 0.2) is 0 Å². The fourth-order valence-electron chi connectivity index (χ4n) is 2.29. The number of rotatable bonds is 14. The van der Waals surface area contributed by atoms with Gasteiger partial charge in [0.25, 0.3) is 0 Å². The monoisotopic (exact) mass is 465 g/mol. The number of aliphatic carboxylic acids is 1. The number of hydrogen-bond acceptors (Lipinski definition) is 1. The zero-order valence-corrected chi connectivity index (χ0v) is 16.2. The molecule has 0 saturated heterocycles. The molecule has 0 spiro atoms. The Kier molecular flexibility index (Phi) is 20.9. The first-order valence-corrected chi connectivity index (χ1v) is 7.99. The minimum atomic E-state index is -0.655. The molecule has 2 nitrogen and oxygen atoms in total. The predicted octanol–water partition coefficient (Wildman–Crippen LogP) is 5.17. The number of carbonyl (C=O) groups is 1. The van der Waals surface area contributed by atoms with Gasteiger partial charge in [-0.1, -0.05) is 84.0 Å². The van der Waals surface area contributed by atoms with Crippen LogP contribution in [0.1, 0.15) is 96.8 Å². The SMILES string of the molecule is CCCCCCCCCCCCCCCC(=O)O.[Bi]. The van der Waals surface area contributed by atoms with Crippen molar-refractivity contribution < 1.29 is 9.90 Å². The Morgan fingerprint density at radius 2 is 1.00 bits per heavy atom. The molecule has 0 fully saturated rings. The fraction of sp³-hybridized carbons (Fsp3) is 0.938. The summed E-state index contributed by atoms with van der Waals surface area (Å²) in [6.45, 7) is 2.26. The summed E-state index contributed by atoms with van der Waals surface area (Å²) in [5.74, 6) is -0.655. The molecule has 3 heteroatoms. The summed E-state index contributed by atoms with van der Waals surface area (Å²) in [7, 11) is 0. The molecule has 0 saturated carbocycles. The minimum Gasteiger partial charge on any atom is -0.481 e. The Hall–Kier alpha value is 0.353. The third-order valence-electron chi connectivity index (χ3n) is 3.49. The fourth-order valence-corrected chi connectivity index (χ4v) is 2.29. The van der Waals surface area contributed by atoms with Crippen LogP contribution in [0.2, 0.25) is 0 Å². The molecule has 0 heterocycles. The van der Waals surface area contributed by atoms with E-state index in [4.69, 9.17) is 5.11 Å². The van der Waals surface area contributed by atoms with Crippen LogP contribution in [0.25, 0.3) is 0 Å². The molecular weight excluding hydrogens is 433 g/mol. The predicted molar refractivity (Wildman–Crippen MR) is 83.7 cm³/mol. The molecule has 1 N–H and O–H groups in total. The van der Waals surface area contributed by atoms with E-state index in [2.05, 4.69) is 6.92 Å². The van der Waals surface area contributed by atoms with Crippen molar-refractivity contribution in [1.29, 1.82) is 0 Å². The van der Waals surface area contributed by atoms with Crippen LogP contribution in [0.4, 0.5) is 0 Å². The van der Waals surface area contributed by atoms with E-state index in [0.29, 0.717) is 6.42 Å². The Labute approximate surface area is 138 Å². The second-order valence-electron chi connectivity index (χ2n) is 5.39. The molecule has 3 radical (unpaired) electrons. The normalized spacial score (nSPS) is 10.2. The molecular formula is C16H32BiO2. The summed E-state index contributed by atoms with van der Waals surface area (Å²) < 4.78 is 0. The molecule has 0 aromatic carbocycles. The van der Waals surface area contributed by atoms with E-state index in [1.54, 1.807) is 0 Å². The summed E-state index contributed by atoms with van der Waals surface area (Å²) in [5.41, 5.74) is 0. The van der Waals surface area contributed by atoms with Gasteiger partial charge in [-0.2, -0.15) is 0 Å². The van der Waals surface area contributed by atoms with Crippen molar-refractivity contribution in [1.82, 2.24) is 0 Å². The van der Waals surface area contributed by atoms with Crippen molar-refractivity contribution in [2.24, 2.45) is 0 Å². The molecule has 19 heavy (non-hydrogen) atoms. The first kappa shape index (κ1) is 21.6. The smallest absolute Gasteiger partial charge is 0.303 e. The van der Waals surface area contributed by atoms with E-state index in [1.807, 2.05) is 0 Å². The number of carboxylic acids is 1. The van der Waals surface area contributed by atoms with E-state index in [-0.39, 0.29) is 26.2 Å². The van der Waals surface area contributed by atoms with Crippen LogP contribution in [0.3, 0.4) is 0 Å². The van der Waals surface area contributed by atoms with Crippen molar-refractivity contribution in [3.05, 3.63) is 0 Å². The quantitative estimate of drug-likeness (QED) is 0.284. The first-order valence-electron chi connectivity index (χ1n) is 7.99. The molecule has 0 unspecified atom stereocenters. The van der Waals surface area contributed by atoms with Crippen molar-refractivity contribution in [3.8, 4) is 0 Å². The molecule has 0 atom stereocenters. The largest absolute Gasteiger partial charge is 0.481 e. The topological polar surface area (TPSA) is 37.3 Å². The van der Waals surface area contributed by atoms with Gasteiger partial charge in [0, 0.05) is 32.6 Å². The van der Waals surface area contributed by atoms with Crippen LogP contribution in [-0.2, 0) is 4.79 Å². The first-order chi connectivity index (χ1) is 8.77. The maximum absolute atomic E-state index is 10.3. The van der Waals surface area contributed by atoms with Gasteiger partial charge < -0.3 is 5.11 Å². The van der Waals surface area contributed by atoms with Crippen LogP contribution >= 0.6 is 0 Å². The molecule has 113 valence electrons. The molecule has 0 aliphatic carbocycles. The van der Waals surface area contributed by atoms with Gasteiger partial charge in [-0.15, -0.1) is 0 Å². The standard InChI is InChI=1S/C16H32O2.Bi/c1-2-3-4-5-6-7-8-9-10-11-12-13-14-15-16(17)18;/h2-15H2,1H3,(H,17,18);. The van der Waals surface area contributed by atoms with Gasteiger partial charge in [-0.05, 0) is 6.42 Å². The van der Waals surface area contributed by atoms with Gasteiger partial charge in [0.15, 0.2) is 0 Å². The minimum absolute atomic E-state index is 0. The summed E-state index contributed by atoms with van der Waals surface area (Å²) in [5, 5.41) is 8.49. The summed E-state index contributed by atoms with van der Waals surface area (Å²) in [6, 6.07) is 0. The maximum Gasteiger partial charge on any atom is 0.303 e. The second kappa shape index (κ2) is 18.4. The van der Waals surface area contributed by atoms with Crippen molar-refractivity contribution in [2.75, 3.05) is 0 Å². The zero-order valence-electron chi connectivity index (χ0n) is 12.7. The molecule has 0 bridgehead atoms. The van der Waals surface area contributed by atoms with E-state index < -0.39 is 5.97 Å². The van der Waals surface area contributed by atoms with Gasteiger partial charge in [0.1, 0.15) is 0 Å². The Bertz CT molecular complexity index is 184. The van der Waals surface area contributed by atoms with Crippen molar-refractivity contribution >= 4 is 32.2 Å². The second-order valence-corrected chi connectivity index (χ2v) is 5.39. The van der Waals surface area contributed by atoms with Crippen LogP contribution < -0.4 is 0 Å². The Morgan fingerprint density at radius 1 is 0.684 bits per heavy atom. The van der Waals surface area contributed by atoms with Gasteiger partial charge in [-0.25, -0.2) is 0 Å². The summed E-state index contributed by atoms with van der Waals surface area (Å²) >= 11 is 0. The van der Waals surface area contributed by atoms with Crippen LogP contribution in [0.5, 0.6) is 0 Å². The van der Waals surface area contributed by atoms with E-state index in [1.165, 1.54) is 70.6 Å². The van der Waals surface area contributed by atoms with Crippen LogP contribution in [-0.4, -0.2) is 37.3 Å². The number of unbranched alkanes of at least 4 members (excludes halogenated alkanes) is 12. The molecule has 0 aliphatic heterocycles. The van der Waals surface area contributed by atoms with Crippen molar-refractivity contribution in [3.63, 3.8) is 0 Å². The molecule has 0 amide bonds. The Balaban J connectivity index is 0. The third kappa shape index (κ3) is 20.8. The summed E-state index contributed by atoms with van der Waals surface area (Å²) in [6.07, 6.45) is 17.3. The van der Waals surface area contributed by atoms with E-state index in [9.17, 15) is 4.79 Å². The number of hydrogen-bond donors (Lipinski definition) is 1. The average Bonchev–Trinajstić information content (AvgIpc) is 2.34. The zero-order chi connectivity index (χ0) is 13.5. The molecule has 0 aromatic heterocycles. The van der Waals surface area contributed by atoms with Gasteiger partial charge in [0.2, 0.25) is 0 Å².